The molecule has 1 aromatic carbocycles. The molecule has 2 N–H and O–H groups in total. The zero-order chi connectivity index (χ0) is 17.9. The topological polar surface area (TPSA) is 45.7 Å². The van der Waals surface area contributed by atoms with Crippen molar-refractivity contribution in [1.29, 1.82) is 0 Å². The van der Waals surface area contributed by atoms with E-state index in [2.05, 4.69) is 20.4 Å². The van der Waals surface area contributed by atoms with Crippen LogP contribution in [0.5, 0.6) is 5.75 Å². The van der Waals surface area contributed by atoms with Crippen molar-refractivity contribution in [3.05, 3.63) is 29.8 Å². The molecule has 0 saturated heterocycles. The predicted octanol–water partition coefficient (Wildman–Crippen LogP) is 4.56. The maximum absolute atomic E-state index is 12.6. The van der Waals surface area contributed by atoms with Crippen LogP contribution in [0.15, 0.2) is 29.3 Å². The molecule has 0 amide bonds. The van der Waals surface area contributed by atoms with Crippen molar-refractivity contribution in [3.63, 3.8) is 0 Å². The van der Waals surface area contributed by atoms with Crippen molar-refractivity contribution in [3.8, 4) is 5.75 Å². The number of nitrogens with zero attached hydrogens (tertiary/aromatic N) is 1. The van der Waals surface area contributed by atoms with Crippen LogP contribution < -0.4 is 15.4 Å². The molecule has 2 aliphatic carbocycles. The number of ether oxygens (including phenoxy) is 1. The first-order chi connectivity index (χ1) is 12.0. The number of rotatable bonds is 5. The monoisotopic (exact) mass is 483 g/mol. The van der Waals surface area contributed by atoms with Gasteiger partial charge in [-0.05, 0) is 37.8 Å². The van der Waals surface area contributed by atoms with Gasteiger partial charge in [0.25, 0.3) is 0 Å². The van der Waals surface area contributed by atoms with Gasteiger partial charge in [-0.1, -0.05) is 31.0 Å². The van der Waals surface area contributed by atoms with Gasteiger partial charge in [0.15, 0.2) is 5.96 Å². The molecule has 2 aliphatic rings. The maximum Gasteiger partial charge on any atom is 0.573 e. The van der Waals surface area contributed by atoms with Gasteiger partial charge in [0.05, 0.1) is 0 Å². The molecule has 3 rings (SSSR count). The lowest BCUT2D eigenvalue weighted by atomic mass is 10.1. The average Bonchev–Trinajstić information content (AvgIpc) is 3.09. The summed E-state index contributed by atoms with van der Waals surface area (Å²) >= 11 is 0. The summed E-state index contributed by atoms with van der Waals surface area (Å²) in [4.78, 5) is 4.46. The number of hydrogen-bond donors (Lipinski definition) is 2. The molecule has 0 spiro atoms. The summed E-state index contributed by atoms with van der Waals surface area (Å²) in [5.41, 5.74) is 0.592. The third-order valence-electron chi connectivity index (χ3n) is 4.67. The summed E-state index contributed by atoms with van der Waals surface area (Å²) in [6.07, 6.45) is 0.832. The zero-order valence-electron chi connectivity index (χ0n) is 14.7. The van der Waals surface area contributed by atoms with E-state index in [-0.39, 0.29) is 41.7 Å². The van der Waals surface area contributed by atoms with Gasteiger partial charge in [-0.15, -0.1) is 37.1 Å². The summed E-state index contributed by atoms with van der Waals surface area (Å²) in [6.45, 7) is 2.63. The Morgan fingerprint density at radius 3 is 2.54 bits per heavy atom. The second-order valence-corrected chi connectivity index (χ2v) is 6.63. The molecule has 0 radical (unpaired) electrons. The minimum absolute atomic E-state index is 0. The summed E-state index contributed by atoms with van der Waals surface area (Å²) in [5, 5.41) is 6.80. The van der Waals surface area contributed by atoms with E-state index in [0.29, 0.717) is 18.2 Å². The number of guanidine groups is 1. The molecule has 0 aliphatic heterocycles. The lowest BCUT2D eigenvalue weighted by Crippen LogP contribution is -2.43. The van der Waals surface area contributed by atoms with E-state index in [1.54, 1.807) is 18.2 Å². The molecule has 26 heavy (non-hydrogen) atoms. The number of aliphatic imine (C=N–C) groups is 1. The van der Waals surface area contributed by atoms with Gasteiger partial charge in [0.2, 0.25) is 0 Å². The highest BCUT2D eigenvalue weighted by atomic mass is 127. The lowest BCUT2D eigenvalue weighted by Gasteiger charge is -2.18. The van der Waals surface area contributed by atoms with E-state index in [4.69, 9.17) is 0 Å². The van der Waals surface area contributed by atoms with E-state index in [1.165, 1.54) is 18.9 Å². The Bertz CT molecular complexity index is 618. The van der Waals surface area contributed by atoms with Crippen LogP contribution >= 0.6 is 24.0 Å². The Hall–Kier alpha value is -1.19. The predicted molar refractivity (Wildman–Crippen MR) is 106 cm³/mol. The molecular formula is C18H25F3IN3O. The van der Waals surface area contributed by atoms with Crippen LogP contribution in [-0.4, -0.2) is 31.0 Å². The molecule has 0 aromatic heterocycles. The fourth-order valence-electron chi connectivity index (χ4n) is 3.43. The highest BCUT2D eigenvalue weighted by Crippen LogP contribution is 2.45. The van der Waals surface area contributed by atoms with E-state index in [0.717, 1.165) is 25.2 Å². The minimum atomic E-state index is -4.67. The van der Waals surface area contributed by atoms with Crippen LogP contribution in [0, 0.1) is 0 Å². The summed E-state index contributed by atoms with van der Waals surface area (Å²) in [7, 11) is 0. The maximum atomic E-state index is 12.6. The third kappa shape index (κ3) is 5.92. The zero-order valence-corrected chi connectivity index (χ0v) is 17.0. The van der Waals surface area contributed by atoms with Crippen LogP contribution in [0.4, 0.5) is 13.2 Å². The van der Waals surface area contributed by atoms with Crippen molar-refractivity contribution in [2.75, 3.05) is 6.54 Å². The number of para-hydroxylation sites is 1. The van der Waals surface area contributed by atoms with Crippen molar-refractivity contribution in [2.24, 2.45) is 4.99 Å². The number of nitrogens with one attached hydrogen (secondary N) is 2. The first kappa shape index (κ1) is 21.1. The van der Waals surface area contributed by atoms with Crippen LogP contribution in [0.25, 0.3) is 0 Å². The summed E-state index contributed by atoms with van der Waals surface area (Å²) < 4.78 is 41.9. The van der Waals surface area contributed by atoms with Crippen LogP contribution in [0.3, 0.4) is 0 Å². The molecule has 2 unspecified atom stereocenters. The van der Waals surface area contributed by atoms with Crippen molar-refractivity contribution < 1.29 is 17.9 Å². The van der Waals surface area contributed by atoms with Gasteiger partial charge >= 0.3 is 6.36 Å². The van der Waals surface area contributed by atoms with Gasteiger partial charge in [0.1, 0.15) is 5.75 Å². The lowest BCUT2D eigenvalue weighted by molar-refractivity contribution is -0.274. The minimum Gasteiger partial charge on any atom is -0.405 e. The Morgan fingerprint density at radius 1 is 1.19 bits per heavy atom. The van der Waals surface area contributed by atoms with Crippen LogP contribution in [-0.2, 0) is 0 Å². The second-order valence-electron chi connectivity index (χ2n) is 6.63. The first-order valence-corrected chi connectivity index (χ1v) is 8.88. The standard InChI is InChI=1S/C18H24F3N3O.HI/c1-2-22-17(23-12-7-3-4-8-12)24-15-11-14(15)13-9-5-6-10-16(13)25-18(19,20)21;/h5-6,9-10,12,14-15H,2-4,7-8,11H2,1H3,(H2,22,23,24);1H. The Balaban J connectivity index is 0.00000243. The van der Waals surface area contributed by atoms with E-state index < -0.39 is 6.36 Å². The molecule has 4 nitrogen and oxygen atoms in total. The number of alkyl halides is 3. The quantitative estimate of drug-likeness (QED) is 0.367. The average molecular weight is 483 g/mol. The summed E-state index contributed by atoms with van der Waals surface area (Å²) in [6, 6.07) is 6.89. The first-order valence-electron chi connectivity index (χ1n) is 8.88. The smallest absolute Gasteiger partial charge is 0.405 e. The number of hydrogen-bond acceptors (Lipinski definition) is 2. The fourth-order valence-corrected chi connectivity index (χ4v) is 3.43. The Labute approximate surface area is 169 Å². The van der Waals surface area contributed by atoms with Gasteiger partial charge in [-0.25, -0.2) is 0 Å². The third-order valence-corrected chi connectivity index (χ3v) is 4.67. The van der Waals surface area contributed by atoms with Gasteiger partial charge < -0.3 is 15.4 Å². The molecule has 0 heterocycles. The van der Waals surface area contributed by atoms with E-state index in [1.807, 2.05) is 6.92 Å². The van der Waals surface area contributed by atoms with Gasteiger partial charge in [-0.3, -0.25) is 4.99 Å². The number of halogens is 4. The molecule has 8 heteroatoms. The Kier molecular flexibility index (Phi) is 7.42. The van der Waals surface area contributed by atoms with E-state index >= 15 is 0 Å². The summed E-state index contributed by atoms with van der Waals surface area (Å²) in [5.74, 6) is 0.657. The molecule has 0 bridgehead atoms. The van der Waals surface area contributed by atoms with Gasteiger partial charge in [0, 0.05) is 24.5 Å². The van der Waals surface area contributed by atoms with Crippen molar-refractivity contribution in [1.82, 2.24) is 10.6 Å². The molecule has 1 aromatic rings. The van der Waals surface area contributed by atoms with Gasteiger partial charge in [-0.2, -0.15) is 0 Å². The highest BCUT2D eigenvalue weighted by Gasteiger charge is 2.42. The normalized spacial score (nSPS) is 23.3. The molecule has 2 saturated carbocycles. The number of benzene rings is 1. The Morgan fingerprint density at radius 2 is 1.88 bits per heavy atom. The molecule has 2 atom stereocenters. The van der Waals surface area contributed by atoms with E-state index in [9.17, 15) is 13.2 Å². The highest BCUT2D eigenvalue weighted by molar-refractivity contribution is 14.0. The van der Waals surface area contributed by atoms with Crippen molar-refractivity contribution in [2.45, 2.75) is 63.4 Å². The van der Waals surface area contributed by atoms with Crippen LogP contribution in [0.2, 0.25) is 0 Å². The van der Waals surface area contributed by atoms with Crippen molar-refractivity contribution >= 4 is 29.9 Å². The molecular weight excluding hydrogens is 458 g/mol. The fraction of sp³-hybridized carbons (Fsp3) is 0.611. The molecule has 2 fully saturated rings. The largest absolute Gasteiger partial charge is 0.573 e. The second kappa shape index (κ2) is 9.14. The van der Waals surface area contributed by atoms with Crippen LogP contribution in [0.1, 0.15) is 50.5 Å². The molecule has 146 valence electrons. The SMILES string of the molecule is CCN=C(NC1CCCC1)NC1CC1c1ccccc1OC(F)(F)F.I.